The molecule has 0 spiro atoms. The summed E-state index contributed by atoms with van der Waals surface area (Å²) >= 11 is 0. The number of rotatable bonds is 5. The molecule has 1 unspecified atom stereocenters. The Labute approximate surface area is 179 Å². The molecule has 1 aliphatic heterocycles. The molecule has 1 saturated heterocycles. The van der Waals surface area contributed by atoms with Crippen molar-refractivity contribution < 1.29 is 20.4 Å². The number of hydrogen-bond acceptors (Lipinski definition) is 7. The molecule has 2 N–H and O–H groups in total. The third-order valence-electron chi connectivity index (χ3n) is 4.96. The van der Waals surface area contributed by atoms with Gasteiger partial charge in [-0.2, -0.15) is 4.98 Å². The number of aromatic amines is 1. The number of anilines is 1. The topological polar surface area (TPSA) is 128 Å². The van der Waals surface area contributed by atoms with Crippen molar-refractivity contribution in [1.29, 1.82) is 0 Å². The van der Waals surface area contributed by atoms with E-state index in [1.54, 1.807) is 48.7 Å². The molecule has 2 aromatic heterocycles. The fraction of sp³-hybridized carbons (Fsp3) is 0.381. The third kappa shape index (κ3) is 4.19. The summed E-state index contributed by atoms with van der Waals surface area (Å²) in [7, 11) is 0. The van der Waals surface area contributed by atoms with Crippen LogP contribution in [-0.2, 0) is 14.3 Å². The van der Waals surface area contributed by atoms with E-state index in [0.29, 0.717) is 5.56 Å². The fourth-order valence-corrected chi connectivity index (χ4v) is 3.24. The molecule has 0 aliphatic carbocycles. The second-order valence-electron chi connectivity index (χ2n) is 7.56. The summed E-state index contributed by atoms with van der Waals surface area (Å²) in [5.74, 6) is -1.08. The maximum atomic E-state index is 12.5. The number of benzene rings is 1. The Kier molecular flexibility index (Phi) is 5.21. The van der Waals surface area contributed by atoms with Crippen molar-refractivity contribution in [2.45, 2.75) is 45.6 Å². The van der Waals surface area contributed by atoms with E-state index in [1.807, 2.05) is 0 Å². The van der Waals surface area contributed by atoms with Gasteiger partial charge in [0, 0.05) is 13.7 Å². The summed E-state index contributed by atoms with van der Waals surface area (Å²) in [5, 5.41) is 2.57. The minimum atomic E-state index is -0.648. The molecule has 0 bridgehead atoms. The predicted molar refractivity (Wildman–Crippen MR) is 111 cm³/mol. The molecule has 10 heteroatoms. The van der Waals surface area contributed by atoms with Crippen LogP contribution in [0.4, 0.5) is 5.95 Å². The molecule has 0 saturated carbocycles. The number of aromatic nitrogens is 4. The molecular weight excluding hydrogens is 402 g/mol. The van der Waals surface area contributed by atoms with Crippen LogP contribution in [0, 0.1) is 5.92 Å². The quantitative estimate of drug-likeness (QED) is 0.599. The first kappa shape index (κ1) is 19.4. The van der Waals surface area contributed by atoms with Crippen molar-refractivity contribution in [3.63, 3.8) is 0 Å². The zero-order valence-electron chi connectivity index (χ0n) is 18.1. The lowest BCUT2D eigenvalue weighted by molar-refractivity contribution is -0.118. The molecule has 0 radical (unpaired) electrons. The maximum Gasteiger partial charge on any atom is 0.338 e. The number of H-pyrrole nitrogens is 1. The van der Waals surface area contributed by atoms with E-state index < -0.39 is 30.0 Å². The summed E-state index contributed by atoms with van der Waals surface area (Å²) < 4.78 is 20.9. The van der Waals surface area contributed by atoms with Gasteiger partial charge in [-0.15, -0.1) is 0 Å². The number of amides is 1. The highest BCUT2D eigenvalue weighted by Crippen LogP contribution is 2.32. The first-order chi connectivity index (χ1) is 15.4. The van der Waals surface area contributed by atoms with Gasteiger partial charge in [0.1, 0.15) is 12.3 Å². The standard InChI is InChI=1S/C21H23N5O5/c1-11(2)18(27)24-21-23-17-16(19(28)25-21)22-10-26(17)15-9-14(12(3)30-15)31-20(29)13-7-5-4-6-8-13/h4-8,10-12,14-15H,9H2,1-3H3,(H2,23,24,25,27,28)/t12-,14-,15?/m1/s1/i3D. The normalized spacial score (nSPS) is 21.3. The zero-order valence-corrected chi connectivity index (χ0v) is 17.1. The molecule has 3 atom stereocenters. The number of nitrogens with zero attached hydrogens (tertiary/aromatic N) is 3. The Balaban J connectivity index is 1.58. The Hall–Kier alpha value is -3.53. The van der Waals surface area contributed by atoms with Crippen LogP contribution < -0.4 is 10.9 Å². The van der Waals surface area contributed by atoms with Gasteiger partial charge >= 0.3 is 5.97 Å². The van der Waals surface area contributed by atoms with Crippen molar-refractivity contribution in [2.75, 3.05) is 5.32 Å². The van der Waals surface area contributed by atoms with Crippen LogP contribution in [0.1, 0.15) is 45.1 Å². The van der Waals surface area contributed by atoms with Gasteiger partial charge in [0.05, 0.1) is 18.0 Å². The maximum absolute atomic E-state index is 12.5. The van der Waals surface area contributed by atoms with Gasteiger partial charge in [-0.05, 0) is 19.0 Å². The lowest BCUT2D eigenvalue weighted by Crippen LogP contribution is -2.24. The molecule has 1 aromatic carbocycles. The number of imidazole rings is 1. The van der Waals surface area contributed by atoms with E-state index in [2.05, 4.69) is 20.3 Å². The number of nitrogens with one attached hydrogen (secondary N) is 2. The van der Waals surface area contributed by atoms with E-state index in [9.17, 15) is 14.4 Å². The molecular formula is C21H23N5O5. The average molecular weight is 426 g/mol. The molecule has 1 fully saturated rings. The summed E-state index contributed by atoms with van der Waals surface area (Å²) in [6, 6.07) is 8.58. The Morgan fingerprint density at radius 3 is 2.84 bits per heavy atom. The highest BCUT2D eigenvalue weighted by Gasteiger charge is 2.37. The highest BCUT2D eigenvalue weighted by molar-refractivity contribution is 5.91. The van der Waals surface area contributed by atoms with E-state index in [1.165, 1.54) is 6.33 Å². The average Bonchev–Trinajstić information content (AvgIpc) is 3.38. The van der Waals surface area contributed by atoms with Crippen LogP contribution in [-0.4, -0.2) is 43.6 Å². The van der Waals surface area contributed by atoms with Crippen LogP contribution in [0.2, 0.25) is 0 Å². The number of fused-ring (bicyclic) bond motifs is 1. The third-order valence-corrected chi connectivity index (χ3v) is 4.96. The van der Waals surface area contributed by atoms with E-state index in [4.69, 9.17) is 10.8 Å². The smallest absolute Gasteiger partial charge is 0.338 e. The van der Waals surface area contributed by atoms with Crippen LogP contribution in [0.15, 0.2) is 41.5 Å². The van der Waals surface area contributed by atoms with Crippen LogP contribution in [0.3, 0.4) is 0 Å². The summed E-state index contributed by atoms with van der Waals surface area (Å²) in [4.78, 5) is 47.8. The first-order valence-corrected chi connectivity index (χ1v) is 9.85. The number of carbonyl (C=O) groups is 2. The summed E-state index contributed by atoms with van der Waals surface area (Å²) in [5.41, 5.74) is 0.210. The Morgan fingerprint density at radius 1 is 1.35 bits per heavy atom. The molecule has 1 amide bonds. The van der Waals surface area contributed by atoms with Crippen LogP contribution in [0.25, 0.3) is 11.2 Å². The van der Waals surface area contributed by atoms with E-state index >= 15 is 0 Å². The van der Waals surface area contributed by atoms with Crippen LogP contribution >= 0.6 is 0 Å². The van der Waals surface area contributed by atoms with Gasteiger partial charge < -0.3 is 9.47 Å². The largest absolute Gasteiger partial charge is 0.456 e. The van der Waals surface area contributed by atoms with Crippen LogP contribution in [0.5, 0.6) is 0 Å². The second-order valence-corrected chi connectivity index (χ2v) is 7.56. The number of ether oxygens (including phenoxy) is 2. The molecule has 3 aromatic rings. The molecule has 31 heavy (non-hydrogen) atoms. The van der Waals surface area contributed by atoms with E-state index in [-0.39, 0.29) is 42.3 Å². The van der Waals surface area contributed by atoms with Crippen molar-refractivity contribution in [3.8, 4) is 0 Å². The molecule has 10 nitrogen and oxygen atoms in total. The summed E-state index contributed by atoms with van der Waals surface area (Å²) in [6.45, 7) is 3.33. The van der Waals surface area contributed by atoms with E-state index in [0.717, 1.165) is 0 Å². The Morgan fingerprint density at radius 2 is 2.13 bits per heavy atom. The van der Waals surface area contributed by atoms with Gasteiger partial charge in [-0.3, -0.25) is 24.5 Å². The lowest BCUT2D eigenvalue weighted by atomic mass is 10.2. The fourth-order valence-electron chi connectivity index (χ4n) is 3.24. The molecule has 3 heterocycles. The van der Waals surface area contributed by atoms with Gasteiger partial charge in [0.2, 0.25) is 11.9 Å². The highest BCUT2D eigenvalue weighted by atomic mass is 16.6. The monoisotopic (exact) mass is 426 g/mol. The molecule has 1 aliphatic rings. The predicted octanol–water partition coefficient (Wildman–Crippen LogP) is 2.25. The number of esters is 1. The van der Waals surface area contributed by atoms with Crippen molar-refractivity contribution in [2.24, 2.45) is 5.92 Å². The summed E-state index contributed by atoms with van der Waals surface area (Å²) in [6.07, 6.45) is -0.270. The number of hydrogen-bond donors (Lipinski definition) is 2. The zero-order chi connectivity index (χ0) is 22.8. The van der Waals surface area contributed by atoms with Crippen molar-refractivity contribution in [3.05, 3.63) is 52.6 Å². The Bertz CT molecular complexity index is 1190. The first-order valence-electron chi connectivity index (χ1n) is 10.6. The van der Waals surface area contributed by atoms with Crippen molar-refractivity contribution in [1.82, 2.24) is 19.5 Å². The number of carbonyl (C=O) groups excluding carboxylic acids is 2. The minimum Gasteiger partial charge on any atom is -0.456 e. The van der Waals surface area contributed by atoms with Crippen molar-refractivity contribution >= 4 is 29.0 Å². The SMILES string of the molecule is [2H]C[C@H]1OC(n2cnc3c(=O)[nH]c(NC(=O)C(C)C)nc32)C[C@H]1OC(=O)c1ccccc1. The van der Waals surface area contributed by atoms with Gasteiger partial charge in [0.15, 0.2) is 11.2 Å². The lowest BCUT2D eigenvalue weighted by Gasteiger charge is -2.14. The van der Waals surface area contributed by atoms with Gasteiger partial charge in [-0.25, -0.2) is 9.78 Å². The second kappa shape index (κ2) is 8.31. The molecule has 162 valence electrons. The van der Waals surface area contributed by atoms with Gasteiger partial charge in [-0.1, -0.05) is 32.0 Å². The van der Waals surface area contributed by atoms with Gasteiger partial charge in [0.25, 0.3) is 5.56 Å². The minimum absolute atomic E-state index is 0.00467. The molecule has 4 rings (SSSR count).